The van der Waals surface area contributed by atoms with Gasteiger partial charge in [0, 0.05) is 60.3 Å². The molecule has 2 aliphatic heterocycles. The molecule has 0 spiro atoms. The standard InChI is InChI=1S/C23H19ClF3N3O2/c24-15-9-13-10-20(22(31)30-7-5-28-6-8-30)32-21(13)18(12-15)16-3-4-29-19-11-14(23(25,26)27)1-2-17(16)19/h1-4,9,11-12,20,28H,5-8,10H2/t20-/m1/s1. The van der Waals surface area contributed by atoms with E-state index in [0.717, 1.165) is 30.8 Å². The van der Waals surface area contributed by atoms with E-state index >= 15 is 0 Å². The van der Waals surface area contributed by atoms with Gasteiger partial charge in [-0.2, -0.15) is 13.2 Å². The summed E-state index contributed by atoms with van der Waals surface area (Å²) in [4.78, 5) is 18.9. The lowest BCUT2D eigenvalue weighted by Crippen LogP contribution is -2.50. The van der Waals surface area contributed by atoms with Gasteiger partial charge in [0.2, 0.25) is 0 Å². The predicted octanol–water partition coefficient (Wildman–Crippen LogP) is 4.31. The number of rotatable bonds is 2. The average Bonchev–Trinajstić information content (AvgIpc) is 3.21. The highest BCUT2D eigenvalue weighted by molar-refractivity contribution is 6.31. The van der Waals surface area contributed by atoms with Crippen molar-refractivity contribution in [3.63, 3.8) is 0 Å². The molecule has 1 saturated heterocycles. The zero-order chi connectivity index (χ0) is 22.5. The van der Waals surface area contributed by atoms with E-state index in [1.165, 1.54) is 12.3 Å². The van der Waals surface area contributed by atoms with Gasteiger partial charge >= 0.3 is 6.18 Å². The van der Waals surface area contributed by atoms with Gasteiger partial charge in [-0.15, -0.1) is 0 Å². The topological polar surface area (TPSA) is 54.5 Å². The van der Waals surface area contributed by atoms with E-state index in [4.69, 9.17) is 16.3 Å². The molecular weight excluding hydrogens is 443 g/mol. The second-order valence-electron chi connectivity index (χ2n) is 7.92. The Labute approximate surface area is 187 Å². The minimum atomic E-state index is -4.45. The van der Waals surface area contributed by atoms with Crippen LogP contribution in [0.5, 0.6) is 5.75 Å². The fourth-order valence-corrected chi connectivity index (χ4v) is 4.55. The monoisotopic (exact) mass is 461 g/mol. The van der Waals surface area contributed by atoms with Crippen molar-refractivity contribution in [2.45, 2.75) is 18.7 Å². The average molecular weight is 462 g/mol. The van der Waals surface area contributed by atoms with Crippen molar-refractivity contribution in [2.24, 2.45) is 0 Å². The van der Waals surface area contributed by atoms with E-state index in [1.54, 1.807) is 23.1 Å². The number of hydrogen-bond acceptors (Lipinski definition) is 4. The summed E-state index contributed by atoms with van der Waals surface area (Å²) < 4.78 is 45.5. The van der Waals surface area contributed by atoms with Crippen LogP contribution in [0.25, 0.3) is 22.0 Å². The number of alkyl halides is 3. The number of carbonyl (C=O) groups is 1. The number of halogens is 4. The van der Waals surface area contributed by atoms with Gasteiger partial charge in [-0.25, -0.2) is 0 Å². The van der Waals surface area contributed by atoms with Gasteiger partial charge in [-0.3, -0.25) is 9.78 Å². The van der Waals surface area contributed by atoms with Gasteiger partial charge in [-0.05, 0) is 35.9 Å². The van der Waals surface area contributed by atoms with E-state index < -0.39 is 17.8 Å². The molecule has 0 radical (unpaired) electrons. The molecule has 3 heterocycles. The third-order valence-electron chi connectivity index (χ3n) is 5.86. The van der Waals surface area contributed by atoms with Crippen LogP contribution in [0.3, 0.4) is 0 Å². The second-order valence-corrected chi connectivity index (χ2v) is 8.35. The maximum atomic E-state index is 13.1. The van der Waals surface area contributed by atoms with Crippen LogP contribution in [-0.4, -0.2) is 48.1 Å². The van der Waals surface area contributed by atoms with Crippen LogP contribution < -0.4 is 10.1 Å². The minimum absolute atomic E-state index is 0.0702. The van der Waals surface area contributed by atoms with Crippen LogP contribution >= 0.6 is 11.6 Å². The highest BCUT2D eigenvalue weighted by atomic mass is 35.5. The Kier molecular flexibility index (Phi) is 5.22. The SMILES string of the molecule is O=C([C@H]1Cc2cc(Cl)cc(-c3ccnc4cc(C(F)(F)F)ccc34)c2O1)N1CCNCC1. The lowest BCUT2D eigenvalue weighted by atomic mass is 9.97. The van der Waals surface area contributed by atoms with Crippen molar-refractivity contribution < 1.29 is 22.7 Å². The summed E-state index contributed by atoms with van der Waals surface area (Å²) in [6.45, 7) is 2.73. The Morgan fingerprint density at radius 3 is 2.66 bits per heavy atom. The number of benzene rings is 2. The fourth-order valence-electron chi connectivity index (χ4n) is 4.31. The Morgan fingerprint density at radius 1 is 1.12 bits per heavy atom. The van der Waals surface area contributed by atoms with Gasteiger partial charge in [-0.1, -0.05) is 17.7 Å². The molecule has 0 bridgehead atoms. The summed E-state index contributed by atoms with van der Waals surface area (Å²) >= 11 is 6.37. The van der Waals surface area contributed by atoms with Gasteiger partial charge in [0.15, 0.2) is 6.10 Å². The van der Waals surface area contributed by atoms with Gasteiger partial charge < -0.3 is 15.0 Å². The molecule has 2 aliphatic rings. The van der Waals surface area contributed by atoms with Crippen molar-refractivity contribution >= 4 is 28.4 Å². The summed E-state index contributed by atoms with van der Waals surface area (Å²) in [5, 5.41) is 4.23. The number of carbonyl (C=O) groups excluding carboxylic acids is 1. The van der Waals surface area contributed by atoms with E-state index in [-0.39, 0.29) is 11.4 Å². The Morgan fingerprint density at radius 2 is 1.91 bits per heavy atom. The molecule has 0 saturated carbocycles. The molecule has 5 rings (SSSR count). The van der Waals surface area contributed by atoms with Crippen LogP contribution in [0, 0.1) is 0 Å². The molecule has 1 amide bonds. The fraction of sp³-hybridized carbons (Fsp3) is 0.304. The number of nitrogens with one attached hydrogen (secondary N) is 1. The van der Waals surface area contributed by atoms with Crippen molar-refractivity contribution in [1.82, 2.24) is 15.2 Å². The second kappa shape index (κ2) is 7.94. The summed E-state index contributed by atoms with van der Waals surface area (Å²) in [6, 6.07) is 8.68. The van der Waals surface area contributed by atoms with Gasteiger partial charge in [0.25, 0.3) is 5.91 Å². The summed E-state index contributed by atoms with van der Waals surface area (Å²) in [5.41, 5.74) is 1.55. The van der Waals surface area contributed by atoms with Crippen molar-refractivity contribution in [1.29, 1.82) is 0 Å². The van der Waals surface area contributed by atoms with Crippen LogP contribution in [0.1, 0.15) is 11.1 Å². The number of amides is 1. The highest BCUT2D eigenvalue weighted by Gasteiger charge is 2.35. The Hall–Kier alpha value is -2.84. The van der Waals surface area contributed by atoms with E-state index in [0.29, 0.717) is 46.8 Å². The Bertz CT molecular complexity index is 1210. The first kappa shape index (κ1) is 21.0. The van der Waals surface area contributed by atoms with Gasteiger partial charge in [0.1, 0.15) is 5.75 Å². The number of hydrogen-bond donors (Lipinski definition) is 1. The molecule has 1 aromatic heterocycles. The molecule has 0 aliphatic carbocycles. The quantitative estimate of drug-likeness (QED) is 0.618. The van der Waals surface area contributed by atoms with Crippen LogP contribution in [0.2, 0.25) is 5.02 Å². The molecule has 3 aromatic rings. The maximum absolute atomic E-state index is 13.1. The minimum Gasteiger partial charge on any atom is -0.479 e. The Balaban J connectivity index is 1.54. The van der Waals surface area contributed by atoms with E-state index in [1.807, 2.05) is 0 Å². The van der Waals surface area contributed by atoms with E-state index in [2.05, 4.69) is 10.3 Å². The molecular formula is C23H19ClF3N3O2. The van der Waals surface area contributed by atoms with Crippen LogP contribution in [0.4, 0.5) is 13.2 Å². The zero-order valence-electron chi connectivity index (χ0n) is 16.9. The molecule has 166 valence electrons. The van der Waals surface area contributed by atoms with Crippen molar-refractivity contribution in [3.05, 3.63) is 58.7 Å². The molecule has 1 N–H and O–H groups in total. The maximum Gasteiger partial charge on any atom is 0.416 e. The van der Waals surface area contributed by atoms with E-state index in [9.17, 15) is 18.0 Å². The zero-order valence-corrected chi connectivity index (χ0v) is 17.6. The summed E-state index contributed by atoms with van der Waals surface area (Å²) in [5.74, 6) is 0.467. The number of aromatic nitrogens is 1. The molecule has 5 nitrogen and oxygen atoms in total. The lowest BCUT2D eigenvalue weighted by molar-refractivity contribution is -0.138. The molecule has 1 atom stereocenters. The smallest absolute Gasteiger partial charge is 0.416 e. The first-order valence-corrected chi connectivity index (χ1v) is 10.6. The lowest BCUT2D eigenvalue weighted by Gasteiger charge is -2.29. The number of fused-ring (bicyclic) bond motifs is 2. The molecule has 9 heteroatoms. The molecule has 32 heavy (non-hydrogen) atoms. The predicted molar refractivity (Wildman–Crippen MR) is 115 cm³/mol. The van der Waals surface area contributed by atoms with Crippen LogP contribution in [-0.2, 0) is 17.4 Å². The highest BCUT2D eigenvalue weighted by Crippen LogP contribution is 2.44. The third kappa shape index (κ3) is 3.78. The summed E-state index contributed by atoms with van der Waals surface area (Å²) in [7, 11) is 0. The summed E-state index contributed by atoms with van der Waals surface area (Å²) in [6.07, 6.45) is -3.24. The number of nitrogens with zero attached hydrogens (tertiary/aromatic N) is 2. The molecule has 2 aromatic carbocycles. The molecule has 0 unspecified atom stereocenters. The first-order valence-electron chi connectivity index (χ1n) is 10.3. The number of piperazine rings is 1. The van der Waals surface area contributed by atoms with Crippen LogP contribution in [0.15, 0.2) is 42.6 Å². The third-order valence-corrected chi connectivity index (χ3v) is 6.08. The first-order chi connectivity index (χ1) is 15.3. The van der Waals surface area contributed by atoms with Crippen molar-refractivity contribution in [2.75, 3.05) is 26.2 Å². The number of ether oxygens (including phenoxy) is 1. The molecule has 1 fully saturated rings. The number of pyridine rings is 1. The van der Waals surface area contributed by atoms with Gasteiger partial charge in [0.05, 0.1) is 11.1 Å². The normalized spacial score (nSPS) is 18.5. The largest absolute Gasteiger partial charge is 0.479 e. The van der Waals surface area contributed by atoms with Crippen molar-refractivity contribution in [3.8, 4) is 16.9 Å².